The molecule has 0 aromatic carbocycles. The second-order valence-electron chi connectivity index (χ2n) is 4.06. The van der Waals surface area contributed by atoms with Crippen LogP contribution in [-0.4, -0.2) is 17.6 Å². The lowest BCUT2D eigenvalue weighted by Gasteiger charge is -2.22. The van der Waals surface area contributed by atoms with Gasteiger partial charge >= 0.3 is 0 Å². The molecule has 0 atom stereocenters. The molecule has 1 aromatic rings. The maximum atomic E-state index is 5.82. The molecule has 2 nitrogen and oxygen atoms in total. The van der Waals surface area contributed by atoms with Crippen LogP contribution in [0.4, 0.5) is 5.82 Å². The highest BCUT2D eigenvalue weighted by molar-refractivity contribution is 6.17. The summed E-state index contributed by atoms with van der Waals surface area (Å²) in [5.41, 5.74) is 2.19. The van der Waals surface area contributed by atoms with Crippen LogP contribution in [-0.2, 0) is 5.88 Å². The Morgan fingerprint density at radius 1 is 1.47 bits per heavy atom. The summed E-state index contributed by atoms with van der Waals surface area (Å²) in [5.74, 6) is 1.65. The number of anilines is 1. The molecule has 1 heterocycles. The number of rotatable bonds is 4. The van der Waals surface area contributed by atoms with Crippen molar-refractivity contribution in [1.82, 2.24) is 4.98 Å². The lowest BCUT2D eigenvalue weighted by Crippen LogP contribution is -2.26. The molecule has 1 aliphatic rings. The van der Waals surface area contributed by atoms with E-state index in [2.05, 4.69) is 28.9 Å². The van der Waals surface area contributed by atoms with Crippen molar-refractivity contribution in [2.45, 2.75) is 38.6 Å². The fraction of sp³-hybridized carbons (Fsp3) is 0.583. The first-order valence-electron chi connectivity index (χ1n) is 5.55. The zero-order chi connectivity index (χ0) is 10.8. The molecule has 0 amide bonds. The standard InChI is InChI=1S/C12H17ClN2/c1-3-15(11-5-6-11)12-7-4-10(8-13)9(2)14-12/h4,7,11H,3,5-6,8H2,1-2H3. The molecule has 3 heteroatoms. The molecule has 0 N–H and O–H groups in total. The van der Waals surface area contributed by atoms with Crippen molar-refractivity contribution in [3.8, 4) is 0 Å². The Morgan fingerprint density at radius 3 is 2.67 bits per heavy atom. The fourth-order valence-electron chi connectivity index (χ4n) is 1.87. The van der Waals surface area contributed by atoms with Gasteiger partial charge in [0.2, 0.25) is 0 Å². The van der Waals surface area contributed by atoms with E-state index in [0.717, 1.165) is 29.7 Å². The first-order valence-corrected chi connectivity index (χ1v) is 6.08. The van der Waals surface area contributed by atoms with Crippen LogP contribution in [0.15, 0.2) is 12.1 Å². The van der Waals surface area contributed by atoms with Crippen molar-refractivity contribution in [2.24, 2.45) is 0 Å². The normalized spacial score (nSPS) is 15.4. The smallest absolute Gasteiger partial charge is 0.129 e. The van der Waals surface area contributed by atoms with E-state index >= 15 is 0 Å². The van der Waals surface area contributed by atoms with Gasteiger partial charge in [0.25, 0.3) is 0 Å². The Morgan fingerprint density at radius 2 is 2.20 bits per heavy atom. The van der Waals surface area contributed by atoms with E-state index in [0.29, 0.717) is 5.88 Å². The molecule has 0 spiro atoms. The van der Waals surface area contributed by atoms with E-state index in [-0.39, 0.29) is 0 Å². The number of hydrogen-bond donors (Lipinski definition) is 0. The van der Waals surface area contributed by atoms with Crippen molar-refractivity contribution in [1.29, 1.82) is 0 Å². The minimum atomic E-state index is 0.550. The van der Waals surface area contributed by atoms with Crippen LogP contribution in [0.1, 0.15) is 31.0 Å². The number of alkyl halides is 1. The molecule has 1 aromatic heterocycles. The summed E-state index contributed by atoms with van der Waals surface area (Å²) in [6.45, 7) is 5.25. The van der Waals surface area contributed by atoms with E-state index in [4.69, 9.17) is 11.6 Å². The van der Waals surface area contributed by atoms with E-state index in [1.807, 2.05) is 6.92 Å². The molecule has 1 fully saturated rings. The quantitative estimate of drug-likeness (QED) is 0.731. The van der Waals surface area contributed by atoms with Gasteiger partial charge in [-0.1, -0.05) is 6.07 Å². The van der Waals surface area contributed by atoms with Crippen molar-refractivity contribution >= 4 is 17.4 Å². The van der Waals surface area contributed by atoms with Gasteiger partial charge < -0.3 is 4.90 Å². The average molecular weight is 225 g/mol. The van der Waals surface area contributed by atoms with Gasteiger partial charge in [0, 0.05) is 24.2 Å². The summed E-state index contributed by atoms with van der Waals surface area (Å²) >= 11 is 5.82. The van der Waals surface area contributed by atoms with Crippen LogP contribution in [0.2, 0.25) is 0 Å². The number of aryl methyl sites for hydroxylation is 1. The Labute approximate surface area is 96.3 Å². The highest BCUT2D eigenvalue weighted by Gasteiger charge is 2.28. The summed E-state index contributed by atoms with van der Waals surface area (Å²) in [6.07, 6.45) is 2.62. The molecular weight excluding hydrogens is 208 g/mol. The Hall–Kier alpha value is -0.760. The molecule has 0 bridgehead atoms. The molecule has 15 heavy (non-hydrogen) atoms. The van der Waals surface area contributed by atoms with Gasteiger partial charge in [0.15, 0.2) is 0 Å². The van der Waals surface area contributed by atoms with Crippen molar-refractivity contribution in [3.05, 3.63) is 23.4 Å². The maximum Gasteiger partial charge on any atom is 0.129 e. The summed E-state index contributed by atoms with van der Waals surface area (Å²) < 4.78 is 0. The van der Waals surface area contributed by atoms with Crippen LogP contribution in [0, 0.1) is 6.92 Å². The number of aromatic nitrogens is 1. The largest absolute Gasteiger partial charge is 0.354 e. The minimum Gasteiger partial charge on any atom is -0.354 e. The number of halogens is 1. The molecule has 1 aliphatic carbocycles. The van der Waals surface area contributed by atoms with Gasteiger partial charge in [-0.05, 0) is 38.3 Å². The van der Waals surface area contributed by atoms with E-state index in [1.165, 1.54) is 12.8 Å². The topological polar surface area (TPSA) is 16.1 Å². The summed E-state index contributed by atoms with van der Waals surface area (Å²) in [5, 5.41) is 0. The molecule has 0 saturated heterocycles. The number of hydrogen-bond acceptors (Lipinski definition) is 2. The number of nitrogens with zero attached hydrogens (tertiary/aromatic N) is 2. The maximum absolute atomic E-state index is 5.82. The summed E-state index contributed by atoms with van der Waals surface area (Å²) in [6, 6.07) is 4.91. The summed E-state index contributed by atoms with van der Waals surface area (Å²) in [4.78, 5) is 7.00. The zero-order valence-electron chi connectivity index (χ0n) is 9.33. The van der Waals surface area contributed by atoms with Gasteiger partial charge in [0.05, 0.1) is 0 Å². The third kappa shape index (κ3) is 2.25. The predicted octanol–water partition coefficient (Wildman–Crippen LogP) is 3.12. The van der Waals surface area contributed by atoms with Gasteiger partial charge in [-0.15, -0.1) is 11.6 Å². The van der Waals surface area contributed by atoms with E-state index in [9.17, 15) is 0 Å². The zero-order valence-corrected chi connectivity index (χ0v) is 10.1. The Kier molecular flexibility index (Phi) is 3.15. The Bertz CT molecular complexity index is 347. The molecular formula is C12H17ClN2. The van der Waals surface area contributed by atoms with Crippen LogP contribution < -0.4 is 4.90 Å². The lowest BCUT2D eigenvalue weighted by atomic mass is 10.2. The lowest BCUT2D eigenvalue weighted by molar-refractivity contribution is 0.804. The molecule has 0 aliphatic heterocycles. The van der Waals surface area contributed by atoms with Crippen molar-refractivity contribution < 1.29 is 0 Å². The molecule has 2 rings (SSSR count). The third-order valence-electron chi connectivity index (χ3n) is 2.95. The van der Waals surface area contributed by atoms with Gasteiger partial charge in [-0.3, -0.25) is 0 Å². The van der Waals surface area contributed by atoms with Crippen LogP contribution in [0.25, 0.3) is 0 Å². The van der Waals surface area contributed by atoms with Crippen molar-refractivity contribution in [2.75, 3.05) is 11.4 Å². The predicted molar refractivity (Wildman–Crippen MR) is 64.6 cm³/mol. The van der Waals surface area contributed by atoms with Gasteiger partial charge in [-0.2, -0.15) is 0 Å². The van der Waals surface area contributed by atoms with Crippen LogP contribution >= 0.6 is 11.6 Å². The highest BCUT2D eigenvalue weighted by atomic mass is 35.5. The second kappa shape index (κ2) is 4.40. The van der Waals surface area contributed by atoms with Crippen molar-refractivity contribution in [3.63, 3.8) is 0 Å². The van der Waals surface area contributed by atoms with Crippen LogP contribution in [0.3, 0.4) is 0 Å². The minimum absolute atomic E-state index is 0.550. The third-order valence-corrected chi connectivity index (χ3v) is 3.24. The monoisotopic (exact) mass is 224 g/mol. The van der Waals surface area contributed by atoms with Crippen LogP contribution in [0.5, 0.6) is 0 Å². The molecule has 82 valence electrons. The second-order valence-corrected chi connectivity index (χ2v) is 4.33. The highest BCUT2D eigenvalue weighted by Crippen LogP contribution is 2.30. The first kappa shape index (κ1) is 10.7. The van der Waals surface area contributed by atoms with E-state index in [1.54, 1.807) is 0 Å². The first-order chi connectivity index (χ1) is 7.26. The molecule has 1 saturated carbocycles. The fourth-order valence-corrected chi connectivity index (χ4v) is 2.15. The molecule has 0 radical (unpaired) electrons. The summed E-state index contributed by atoms with van der Waals surface area (Å²) in [7, 11) is 0. The SMILES string of the molecule is CCN(c1ccc(CCl)c(C)n1)C1CC1. The molecule has 0 unspecified atom stereocenters. The Balaban J connectivity index is 2.23. The van der Waals surface area contributed by atoms with Gasteiger partial charge in [-0.25, -0.2) is 4.98 Å². The average Bonchev–Trinajstić information content (AvgIpc) is 3.03. The number of pyridine rings is 1. The van der Waals surface area contributed by atoms with Gasteiger partial charge in [0.1, 0.15) is 5.82 Å². The van der Waals surface area contributed by atoms with E-state index < -0.39 is 0 Å².